The molecule has 0 bridgehead atoms. The number of halogens is 3. The Labute approximate surface area is 128 Å². The monoisotopic (exact) mass is 324 g/mol. The first-order valence-electron chi connectivity index (χ1n) is 6.54. The summed E-state index contributed by atoms with van der Waals surface area (Å²) in [4.78, 5) is 22.5. The number of fused-ring (bicyclic) bond motifs is 1. The van der Waals surface area contributed by atoms with Crippen molar-refractivity contribution in [3.8, 4) is 0 Å². The highest BCUT2D eigenvalue weighted by Crippen LogP contribution is 2.37. The molecule has 0 saturated heterocycles. The Morgan fingerprint density at radius 1 is 1.35 bits per heavy atom. The van der Waals surface area contributed by atoms with E-state index in [0.29, 0.717) is 17.5 Å². The van der Waals surface area contributed by atoms with Gasteiger partial charge in [0.05, 0.1) is 16.8 Å². The van der Waals surface area contributed by atoms with Gasteiger partial charge >= 0.3 is 6.18 Å². The van der Waals surface area contributed by atoms with Crippen molar-refractivity contribution in [2.45, 2.75) is 25.6 Å². The number of aliphatic imine (C=N–C) groups is 1. The molecule has 0 aromatic carbocycles. The van der Waals surface area contributed by atoms with Gasteiger partial charge in [-0.15, -0.1) is 0 Å². The average Bonchev–Trinajstić information content (AvgIpc) is 2.99. The van der Waals surface area contributed by atoms with Gasteiger partial charge in [-0.05, 0) is 19.9 Å². The van der Waals surface area contributed by atoms with Crippen LogP contribution in [0, 0.1) is 0 Å². The quantitative estimate of drug-likeness (QED) is 0.844. The van der Waals surface area contributed by atoms with E-state index in [-0.39, 0.29) is 17.5 Å². The molecule has 0 fully saturated rings. The van der Waals surface area contributed by atoms with E-state index in [0.717, 1.165) is 12.3 Å². The number of nitrogens with one attached hydrogen (secondary N) is 2. The van der Waals surface area contributed by atoms with Crippen LogP contribution in [0.1, 0.15) is 30.8 Å². The minimum absolute atomic E-state index is 0.149. The molecule has 1 aliphatic heterocycles. The number of aldehydes is 1. The van der Waals surface area contributed by atoms with Gasteiger partial charge in [-0.2, -0.15) is 18.3 Å². The number of aromatic amines is 1. The van der Waals surface area contributed by atoms with Gasteiger partial charge in [0.2, 0.25) is 5.95 Å². The number of hydrogen-bond acceptors (Lipinski definition) is 6. The fourth-order valence-corrected chi connectivity index (χ4v) is 2.31. The van der Waals surface area contributed by atoms with Gasteiger partial charge in [0, 0.05) is 6.20 Å². The molecule has 0 amide bonds. The highest BCUT2D eigenvalue weighted by atomic mass is 19.4. The number of nitrogens with zero attached hydrogens (tertiary/aromatic N) is 4. The molecule has 0 radical (unpaired) electrons. The van der Waals surface area contributed by atoms with Crippen molar-refractivity contribution in [3.63, 3.8) is 0 Å². The van der Waals surface area contributed by atoms with Crippen LogP contribution in [0.2, 0.25) is 0 Å². The Morgan fingerprint density at radius 3 is 2.74 bits per heavy atom. The zero-order chi connectivity index (χ0) is 16.8. The second-order valence-corrected chi connectivity index (χ2v) is 5.38. The number of aromatic nitrogens is 4. The maximum Gasteiger partial charge on any atom is 0.433 e. The van der Waals surface area contributed by atoms with Gasteiger partial charge < -0.3 is 5.32 Å². The van der Waals surface area contributed by atoms with E-state index in [1.54, 1.807) is 13.8 Å². The fraction of sp³-hybridized carbons (Fsp3) is 0.308. The smallest absolute Gasteiger partial charge is 0.307 e. The van der Waals surface area contributed by atoms with Crippen molar-refractivity contribution in [2.24, 2.45) is 4.99 Å². The van der Waals surface area contributed by atoms with Gasteiger partial charge in [0.15, 0.2) is 12.1 Å². The summed E-state index contributed by atoms with van der Waals surface area (Å²) in [5.41, 5.74) is -0.590. The average molecular weight is 324 g/mol. The maximum absolute atomic E-state index is 12.7. The first kappa shape index (κ1) is 15.1. The van der Waals surface area contributed by atoms with Gasteiger partial charge in [-0.3, -0.25) is 14.9 Å². The van der Waals surface area contributed by atoms with Crippen LogP contribution in [-0.4, -0.2) is 32.2 Å². The summed E-state index contributed by atoms with van der Waals surface area (Å²) >= 11 is 0. The van der Waals surface area contributed by atoms with Crippen LogP contribution in [0.25, 0.3) is 0 Å². The topological polar surface area (TPSA) is 95.9 Å². The predicted molar refractivity (Wildman–Crippen MR) is 74.5 cm³/mol. The fourth-order valence-electron chi connectivity index (χ4n) is 2.31. The molecule has 2 N–H and O–H groups in total. The summed E-state index contributed by atoms with van der Waals surface area (Å²) in [5, 5.41) is 9.32. The molecule has 23 heavy (non-hydrogen) atoms. The van der Waals surface area contributed by atoms with Crippen molar-refractivity contribution in [1.82, 2.24) is 20.2 Å². The highest BCUT2D eigenvalue weighted by molar-refractivity contribution is 6.39. The summed E-state index contributed by atoms with van der Waals surface area (Å²) in [6.07, 6.45) is -3.02. The molecule has 2 aromatic heterocycles. The lowest BCUT2D eigenvalue weighted by Gasteiger charge is -2.12. The zero-order valence-corrected chi connectivity index (χ0v) is 12.1. The number of H-pyrrole nitrogens is 1. The van der Waals surface area contributed by atoms with Gasteiger partial charge in [-0.1, -0.05) is 0 Å². The second-order valence-electron chi connectivity index (χ2n) is 5.38. The van der Waals surface area contributed by atoms with Crippen LogP contribution in [0.3, 0.4) is 0 Å². The van der Waals surface area contributed by atoms with E-state index in [4.69, 9.17) is 0 Å². The molecule has 3 heterocycles. The highest BCUT2D eigenvalue weighted by Gasteiger charge is 2.37. The molecule has 0 saturated carbocycles. The summed E-state index contributed by atoms with van der Waals surface area (Å²) < 4.78 is 38.0. The van der Waals surface area contributed by atoms with Gasteiger partial charge in [-0.25, -0.2) is 9.97 Å². The van der Waals surface area contributed by atoms with Crippen molar-refractivity contribution in [1.29, 1.82) is 0 Å². The largest absolute Gasteiger partial charge is 0.433 e. The first-order chi connectivity index (χ1) is 10.7. The number of rotatable bonds is 3. The lowest BCUT2D eigenvalue weighted by molar-refractivity contribution is -0.141. The Hall–Kier alpha value is -2.78. The molecule has 0 spiro atoms. The number of anilines is 2. The van der Waals surface area contributed by atoms with E-state index in [1.807, 2.05) is 0 Å². The third-order valence-electron chi connectivity index (χ3n) is 3.32. The molecule has 0 atom stereocenters. The van der Waals surface area contributed by atoms with Crippen molar-refractivity contribution in [3.05, 3.63) is 29.2 Å². The number of carbonyl (C=O) groups is 1. The van der Waals surface area contributed by atoms with Crippen LogP contribution in [-0.2, 0) is 16.5 Å². The van der Waals surface area contributed by atoms with Crippen molar-refractivity contribution >= 4 is 23.8 Å². The second kappa shape index (κ2) is 4.86. The minimum Gasteiger partial charge on any atom is -0.307 e. The van der Waals surface area contributed by atoms with Crippen molar-refractivity contribution < 1.29 is 18.0 Å². The lowest BCUT2D eigenvalue weighted by atomic mass is 10.0. The van der Waals surface area contributed by atoms with Gasteiger partial charge in [0.1, 0.15) is 11.4 Å². The summed E-state index contributed by atoms with van der Waals surface area (Å²) in [6, 6.07) is 0.765. The molecule has 10 heteroatoms. The molecule has 7 nitrogen and oxygen atoms in total. The lowest BCUT2D eigenvalue weighted by Crippen LogP contribution is -2.11. The molecule has 1 aliphatic rings. The Bertz CT molecular complexity index is 808. The summed E-state index contributed by atoms with van der Waals surface area (Å²) in [6.45, 7) is 3.57. The van der Waals surface area contributed by atoms with Crippen molar-refractivity contribution in [2.75, 3.05) is 5.32 Å². The third kappa shape index (κ3) is 2.56. The maximum atomic E-state index is 12.7. The Balaban J connectivity index is 1.98. The molecular formula is C13H11F3N6O. The normalized spacial score (nSPS) is 16.0. The predicted octanol–water partition coefficient (Wildman–Crippen LogP) is 2.20. The standard InChI is InChI=1S/C13H11F3N6O/c1-12(2)9-8(6(5-23)20-12)10(22-21-9)19-11-17-4-3-7(18-11)13(14,15)16/h3-5H,1-2H3,(H2,17,18,19,21,22). The molecule has 3 rings (SSSR count). The molecule has 0 aliphatic carbocycles. The molecule has 120 valence electrons. The molecule has 2 aromatic rings. The summed E-state index contributed by atoms with van der Waals surface area (Å²) in [7, 11) is 0. The Kier molecular flexibility index (Phi) is 3.20. The number of carbonyl (C=O) groups excluding carboxylic acids is 1. The SMILES string of the molecule is CC1(C)N=C(C=O)c2c(Nc3nccc(C(F)(F)F)n3)n[nH]c21. The molecule has 0 unspecified atom stereocenters. The number of alkyl halides is 3. The van der Waals surface area contributed by atoms with Gasteiger partial charge in [0.25, 0.3) is 0 Å². The van der Waals surface area contributed by atoms with E-state index in [2.05, 4.69) is 30.5 Å². The Morgan fingerprint density at radius 2 is 2.09 bits per heavy atom. The third-order valence-corrected chi connectivity index (χ3v) is 3.32. The number of hydrogen-bond donors (Lipinski definition) is 2. The summed E-state index contributed by atoms with van der Waals surface area (Å²) in [5.74, 6) is -0.125. The molecular weight excluding hydrogens is 313 g/mol. The van der Waals surface area contributed by atoms with Crippen LogP contribution < -0.4 is 5.32 Å². The zero-order valence-electron chi connectivity index (χ0n) is 12.1. The first-order valence-corrected chi connectivity index (χ1v) is 6.54. The van der Waals surface area contributed by atoms with Crippen LogP contribution in [0.4, 0.5) is 24.9 Å². The van der Waals surface area contributed by atoms with Crippen LogP contribution in [0.5, 0.6) is 0 Å². The van der Waals surface area contributed by atoms with Crippen LogP contribution >= 0.6 is 0 Å². The van der Waals surface area contributed by atoms with E-state index in [9.17, 15) is 18.0 Å². The van der Waals surface area contributed by atoms with Crippen LogP contribution in [0.15, 0.2) is 17.3 Å². The van der Waals surface area contributed by atoms with E-state index < -0.39 is 17.4 Å². The van der Waals surface area contributed by atoms with E-state index in [1.165, 1.54) is 0 Å². The minimum atomic E-state index is -4.58. The van der Waals surface area contributed by atoms with E-state index >= 15 is 0 Å².